The molecule has 2 heterocycles. The van der Waals surface area contributed by atoms with Crippen LogP contribution < -0.4 is 20.1 Å². The lowest BCUT2D eigenvalue weighted by Crippen LogP contribution is -2.52. The van der Waals surface area contributed by atoms with E-state index in [0.717, 1.165) is 16.1 Å². The van der Waals surface area contributed by atoms with E-state index in [-0.39, 0.29) is 24.8 Å². The van der Waals surface area contributed by atoms with Gasteiger partial charge in [-0.15, -0.1) is 12.6 Å². The molecule has 0 spiro atoms. The highest BCUT2D eigenvalue weighted by atomic mass is 32.1. The van der Waals surface area contributed by atoms with Crippen molar-refractivity contribution in [3.63, 3.8) is 0 Å². The van der Waals surface area contributed by atoms with Gasteiger partial charge in [0.05, 0.1) is 19.8 Å². The summed E-state index contributed by atoms with van der Waals surface area (Å²) in [5.74, 6) is 0.341. The first-order valence-electron chi connectivity index (χ1n) is 11.1. The normalized spacial score (nSPS) is 17.4. The maximum absolute atomic E-state index is 12.9. The molecular weight excluding hydrogens is 458 g/mol. The molecule has 2 aliphatic heterocycles. The number of carbonyl (C=O) groups is 3. The van der Waals surface area contributed by atoms with E-state index in [9.17, 15) is 14.4 Å². The maximum atomic E-state index is 12.9. The molecule has 0 aliphatic carbocycles. The Bertz CT molecular complexity index is 1090. The second-order valence-corrected chi connectivity index (χ2v) is 8.40. The molecule has 1 saturated heterocycles. The van der Waals surface area contributed by atoms with Gasteiger partial charge in [0, 0.05) is 35.2 Å². The third-order valence-electron chi connectivity index (χ3n) is 5.76. The van der Waals surface area contributed by atoms with Gasteiger partial charge >= 0.3 is 0 Å². The van der Waals surface area contributed by atoms with E-state index in [1.54, 1.807) is 18.2 Å². The minimum absolute atomic E-state index is 0.220. The van der Waals surface area contributed by atoms with Crippen molar-refractivity contribution in [3.05, 3.63) is 47.5 Å². The summed E-state index contributed by atoms with van der Waals surface area (Å²) in [6.45, 7) is 1.72. The molecule has 0 saturated carbocycles. The number of benzene rings is 2. The molecule has 0 aromatic heterocycles. The largest absolute Gasteiger partial charge is 0.491 e. The Morgan fingerprint density at radius 1 is 1.09 bits per heavy atom. The van der Waals surface area contributed by atoms with Gasteiger partial charge in [-0.25, -0.2) is 0 Å². The van der Waals surface area contributed by atoms with Gasteiger partial charge in [0.25, 0.3) is 5.91 Å². The number of carbonyl (C=O) groups excluding carboxylic acids is 3. The number of imide groups is 1. The van der Waals surface area contributed by atoms with Crippen LogP contribution in [0.25, 0.3) is 0 Å². The van der Waals surface area contributed by atoms with Crippen molar-refractivity contribution >= 4 is 36.0 Å². The summed E-state index contributed by atoms with van der Waals surface area (Å²) in [5.41, 5.74) is 2.19. The standard InChI is InChI=1S/C24H27N3O6S/c1-25-18-6-5-15(13-21(18)34)32-11-9-31-10-12-33-20-4-2-3-16-17(20)14-27(24(16)30)19-7-8-22(28)26-23(19)29/h2-6,13,19,25,34H,7-12,14H2,1H3,(H,26,28,29). The van der Waals surface area contributed by atoms with E-state index in [0.29, 0.717) is 49.9 Å². The molecule has 180 valence electrons. The summed E-state index contributed by atoms with van der Waals surface area (Å²) in [6, 6.07) is 10.2. The second-order valence-electron chi connectivity index (χ2n) is 7.92. The summed E-state index contributed by atoms with van der Waals surface area (Å²) in [4.78, 5) is 38.8. The fourth-order valence-electron chi connectivity index (χ4n) is 4.04. The van der Waals surface area contributed by atoms with Crippen LogP contribution in [0, 0.1) is 0 Å². The Labute approximate surface area is 203 Å². The number of fused-ring (bicyclic) bond motifs is 1. The molecule has 3 amide bonds. The maximum Gasteiger partial charge on any atom is 0.255 e. The number of rotatable bonds is 10. The van der Waals surface area contributed by atoms with Crippen LogP contribution in [0.15, 0.2) is 41.3 Å². The average molecular weight is 486 g/mol. The molecule has 1 unspecified atom stereocenters. The van der Waals surface area contributed by atoms with Crippen molar-refractivity contribution in [2.75, 3.05) is 38.8 Å². The number of ether oxygens (including phenoxy) is 3. The van der Waals surface area contributed by atoms with Crippen LogP contribution in [0.1, 0.15) is 28.8 Å². The number of anilines is 1. The quantitative estimate of drug-likeness (QED) is 0.269. The van der Waals surface area contributed by atoms with Gasteiger partial charge in [0.1, 0.15) is 30.8 Å². The Kier molecular flexibility index (Phi) is 7.59. The van der Waals surface area contributed by atoms with Crippen LogP contribution in [0.4, 0.5) is 5.69 Å². The molecule has 2 aromatic carbocycles. The van der Waals surface area contributed by atoms with Crippen LogP contribution in [-0.4, -0.2) is 62.1 Å². The van der Waals surface area contributed by atoms with Gasteiger partial charge < -0.3 is 24.4 Å². The summed E-state index contributed by atoms with van der Waals surface area (Å²) in [6.07, 6.45) is 0.545. The molecule has 1 atom stereocenters. The van der Waals surface area contributed by atoms with Gasteiger partial charge in [-0.3, -0.25) is 19.7 Å². The number of hydrogen-bond acceptors (Lipinski definition) is 8. The smallest absolute Gasteiger partial charge is 0.255 e. The van der Waals surface area contributed by atoms with Crippen LogP contribution in [-0.2, 0) is 20.9 Å². The average Bonchev–Trinajstić information content (AvgIpc) is 3.15. The van der Waals surface area contributed by atoms with Crippen molar-refractivity contribution in [1.29, 1.82) is 0 Å². The minimum Gasteiger partial charge on any atom is -0.491 e. The van der Waals surface area contributed by atoms with E-state index in [4.69, 9.17) is 14.2 Å². The fourth-order valence-corrected chi connectivity index (χ4v) is 4.35. The third-order valence-corrected chi connectivity index (χ3v) is 6.13. The third kappa shape index (κ3) is 5.28. The van der Waals surface area contributed by atoms with Gasteiger partial charge in [-0.1, -0.05) is 6.07 Å². The Morgan fingerprint density at radius 3 is 2.62 bits per heavy atom. The molecular formula is C24H27N3O6S. The SMILES string of the molecule is CNc1ccc(OCCOCCOc2cccc3c2CN(C2CCC(=O)NC2=O)C3=O)cc1S. The van der Waals surface area contributed by atoms with Crippen molar-refractivity contribution in [3.8, 4) is 11.5 Å². The lowest BCUT2D eigenvalue weighted by atomic mass is 10.0. The van der Waals surface area contributed by atoms with Crippen molar-refractivity contribution in [2.45, 2.75) is 30.3 Å². The van der Waals surface area contributed by atoms with Gasteiger partial charge in [-0.05, 0) is 36.8 Å². The molecule has 2 N–H and O–H groups in total. The molecule has 34 heavy (non-hydrogen) atoms. The summed E-state index contributed by atoms with van der Waals surface area (Å²) in [7, 11) is 1.83. The van der Waals surface area contributed by atoms with E-state index >= 15 is 0 Å². The van der Waals surface area contributed by atoms with Crippen LogP contribution in [0.2, 0.25) is 0 Å². The van der Waals surface area contributed by atoms with Crippen molar-refractivity contribution < 1.29 is 28.6 Å². The zero-order valence-electron chi connectivity index (χ0n) is 18.8. The minimum atomic E-state index is -0.651. The first-order chi connectivity index (χ1) is 16.5. The van der Waals surface area contributed by atoms with Crippen LogP contribution in [0.3, 0.4) is 0 Å². The molecule has 10 heteroatoms. The van der Waals surface area contributed by atoms with Gasteiger partial charge in [0.15, 0.2) is 0 Å². The highest BCUT2D eigenvalue weighted by Gasteiger charge is 2.40. The number of amides is 3. The topological polar surface area (TPSA) is 106 Å². The molecule has 4 rings (SSSR count). The monoisotopic (exact) mass is 485 g/mol. The number of piperidine rings is 1. The Morgan fingerprint density at radius 2 is 1.88 bits per heavy atom. The predicted molar refractivity (Wildman–Crippen MR) is 128 cm³/mol. The lowest BCUT2D eigenvalue weighted by molar-refractivity contribution is -0.136. The fraction of sp³-hybridized carbons (Fsp3) is 0.375. The summed E-state index contributed by atoms with van der Waals surface area (Å²) < 4.78 is 17.1. The van der Waals surface area contributed by atoms with Crippen LogP contribution >= 0.6 is 12.6 Å². The Hall–Kier alpha value is -3.24. The van der Waals surface area contributed by atoms with E-state index < -0.39 is 11.9 Å². The van der Waals surface area contributed by atoms with Crippen molar-refractivity contribution in [2.24, 2.45) is 0 Å². The summed E-state index contributed by atoms with van der Waals surface area (Å²) >= 11 is 4.40. The molecule has 1 fully saturated rings. The molecule has 2 aliphatic rings. The van der Waals surface area contributed by atoms with Gasteiger partial charge in [-0.2, -0.15) is 0 Å². The highest BCUT2D eigenvalue weighted by molar-refractivity contribution is 7.80. The molecule has 0 radical (unpaired) electrons. The molecule has 2 aromatic rings. The van der Waals surface area contributed by atoms with E-state index in [2.05, 4.69) is 23.3 Å². The van der Waals surface area contributed by atoms with Crippen molar-refractivity contribution in [1.82, 2.24) is 10.2 Å². The first kappa shape index (κ1) is 23.9. The van der Waals surface area contributed by atoms with E-state index in [1.807, 2.05) is 25.2 Å². The highest BCUT2D eigenvalue weighted by Crippen LogP contribution is 2.33. The summed E-state index contributed by atoms with van der Waals surface area (Å²) in [5, 5.41) is 5.35. The number of thiol groups is 1. The molecule has 9 nitrogen and oxygen atoms in total. The zero-order chi connectivity index (χ0) is 24.1. The number of nitrogens with one attached hydrogen (secondary N) is 2. The first-order valence-corrected chi connectivity index (χ1v) is 11.5. The zero-order valence-corrected chi connectivity index (χ0v) is 19.7. The second kappa shape index (κ2) is 10.8. The van der Waals surface area contributed by atoms with E-state index in [1.165, 1.54) is 4.90 Å². The number of nitrogens with zero attached hydrogens (tertiary/aromatic N) is 1. The Balaban J connectivity index is 1.23. The lowest BCUT2D eigenvalue weighted by Gasteiger charge is -2.29. The predicted octanol–water partition coefficient (Wildman–Crippen LogP) is 2.25. The van der Waals surface area contributed by atoms with Crippen LogP contribution in [0.5, 0.6) is 11.5 Å². The molecule has 0 bridgehead atoms. The van der Waals surface area contributed by atoms with Gasteiger partial charge in [0.2, 0.25) is 11.8 Å². The number of hydrogen-bond donors (Lipinski definition) is 3.